The molecule has 0 heterocycles. The van der Waals surface area contributed by atoms with Crippen LogP contribution >= 0.6 is 11.6 Å². The Morgan fingerprint density at radius 2 is 2.28 bits per heavy atom. The van der Waals surface area contributed by atoms with Gasteiger partial charge in [0, 0.05) is 17.5 Å². The van der Waals surface area contributed by atoms with Crippen LogP contribution in [0.5, 0.6) is 0 Å². The van der Waals surface area contributed by atoms with Crippen molar-refractivity contribution in [3.05, 3.63) is 35.1 Å². The van der Waals surface area contributed by atoms with Crippen LogP contribution in [0.3, 0.4) is 0 Å². The van der Waals surface area contributed by atoms with Gasteiger partial charge < -0.3 is 5.32 Å². The molecule has 1 aromatic carbocycles. The van der Waals surface area contributed by atoms with Gasteiger partial charge in [-0.15, -0.1) is 11.6 Å². The Morgan fingerprint density at radius 1 is 1.50 bits per heavy atom. The standard InChI is InChI=1S/C14H17ClFNO/c1-9-2-4-11(7-13(9)16)14(18)17-8-10-3-5-12(15)6-10/h2,4,7,10,12H,3,5-6,8H2,1H3,(H,17,18). The summed E-state index contributed by atoms with van der Waals surface area (Å²) in [7, 11) is 0. The molecule has 2 atom stereocenters. The molecule has 0 saturated heterocycles. The van der Waals surface area contributed by atoms with E-state index in [1.807, 2.05) is 0 Å². The minimum absolute atomic E-state index is 0.216. The van der Waals surface area contributed by atoms with Gasteiger partial charge in [-0.2, -0.15) is 0 Å². The van der Waals surface area contributed by atoms with E-state index >= 15 is 0 Å². The first kappa shape index (κ1) is 13.3. The van der Waals surface area contributed by atoms with Crippen molar-refractivity contribution >= 4 is 17.5 Å². The zero-order valence-electron chi connectivity index (χ0n) is 10.4. The van der Waals surface area contributed by atoms with Crippen molar-refractivity contribution in [2.75, 3.05) is 6.54 Å². The van der Waals surface area contributed by atoms with Gasteiger partial charge in [-0.05, 0) is 49.8 Å². The van der Waals surface area contributed by atoms with E-state index in [1.54, 1.807) is 19.1 Å². The highest BCUT2D eigenvalue weighted by molar-refractivity contribution is 6.20. The summed E-state index contributed by atoms with van der Waals surface area (Å²) in [4.78, 5) is 11.8. The summed E-state index contributed by atoms with van der Waals surface area (Å²) in [6, 6.07) is 4.55. The van der Waals surface area contributed by atoms with Crippen LogP contribution in [0.25, 0.3) is 0 Å². The maximum absolute atomic E-state index is 13.3. The maximum Gasteiger partial charge on any atom is 0.251 e. The summed E-state index contributed by atoms with van der Waals surface area (Å²) in [5, 5.41) is 3.08. The lowest BCUT2D eigenvalue weighted by Gasteiger charge is -2.11. The highest BCUT2D eigenvalue weighted by Crippen LogP contribution is 2.28. The Morgan fingerprint density at radius 3 is 2.89 bits per heavy atom. The molecule has 0 aromatic heterocycles. The van der Waals surface area contributed by atoms with Gasteiger partial charge in [0.1, 0.15) is 5.82 Å². The fraction of sp³-hybridized carbons (Fsp3) is 0.500. The smallest absolute Gasteiger partial charge is 0.251 e. The second kappa shape index (κ2) is 5.70. The average molecular weight is 270 g/mol. The minimum Gasteiger partial charge on any atom is -0.352 e. The Balaban J connectivity index is 1.89. The number of aryl methyl sites for hydroxylation is 1. The average Bonchev–Trinajstić information content (AvgIpc) is 2.75. The molecule has 1 aromatic rings. The van der Waals surface area contributed by atoms with Crippen LogP contribution in [0.2, 0.25) is 0 Å². The topological polar surface area (TPSA) is 29.1 Å². The van der Waals surface area contributed by atoms with Crippen molar-refractivity contribution in [2.24, 2.45) is 5.92 Å². The molecule has 4 heteroatoms. The summed E-state index contributed by atoms with van der Waals surface area (Å²) in [5.41, 5.74) is 0.922. The Labute approximate surface area is 112 Å². The molecule has 2 nitrogen and oxygen atoms in total. The van der Waals surface area contributed by atoms with Gasteiger partial charge in [0.2, 0.25) is 0 Å². The Bertz CT molecular complexity index is 449. The molecule has 1 saturated carbocycles. The van der Waals surface area contributed by atoms with Crippen LogP contribution in [-0.2, 0) is 0 Å². The van der Waals surface area contributed by atoms with E-state index in [0.717, 1.165) is 19.3 Å². The Hall–Kier alpha value is -1.09. The second-order valence-corrected chi connectivity index (χ2v) is 5.57. The molecule has 0 spiro atoms. The molecule has 2 rings (SSSR count). The van der Waals surface area contributed by atoms with Crippen molar-refractivity contribution in [3.63, 3.8) is 0 Å². The van der Waals surface area contributed by atoms with E-state index in [2.05, 4.69) is 5.32 Å². The minimum atomic E-state index is -0.343. The van der Waals surface area contributed by atoms with Crippen molar-refractivity contribution in [2.45, 2.75) is 31.6 Å². The largest absolute Gasteiger partial charge is 0.352 e. The first-order chi connectivity index (χ1) is 8.56. The number of rotatable bonds is 3. The normalized spacial score (nSPS) is 23.1. The molecule has 1 amide bonds. The van der Waals surface area contributed by atoms with E-state index in [1.165, 1.54) is 6.07 Å². The van der Waals surface area contributed by atoms with Crippen LogP contribution in [-0.4, -0.2) is 17.8 Å². The van der Waals surface area contributed by atoms with Gasteiger partial charge in [0.05, 0.1) is 0 Å². The molecule has 0 bridgehead atoms. The molecule has 1 aliphatic rings. The molecule has 1 N–H and O–H groups in total. The molecule has 1 fully saturated rings. The quantitative estimate of drug-likeness (QED) is 0.839. The number of alkyl halides is 1. The number of amides is 1. The number of hydrogen-bond acceptors (Lipinski definition) is 1. The highest BCUT2D eigenvalue weighted by Gasteiger charge is 2.23. The highest BCUT2D eigenvalue weighted by atomic mass is 35.5. The number of carbonyl (C=O) groups excluding carboxylic acids is 1. The summed E-state index contributed by atoms with van der Waals surface area (Å²) in [5.74, 6) is -0.108. The lowest BCUT2D eigenvalue weighted by atomic mass is 10.1. The van der Waals surface area contributed by atoms with Gasteiger partial charge in [-0.3, -0.25) is 4.79 Å². The van der Waals surface area contributed by atoms with E-state index in [9.17, 15) is 9.18 Å². The van der Waals surface area contributed by atoms with Crippen LogP contribution < -0.4 is 5.32 Å². The fourth-order valence-electron chi connectivity index (χ4n) is 2.27. The number of halogens is 2. The maximum atomic E-state index is 13.3. The number of carbonyl (C=O) groups is 1. The third-order valence-corrected chi connectivity index (χ3v) is 3.86. The zero-order valence-corrected chi connectivity index (χ0v) is 11.1. The predicted molar refractivity (Wildman–Crippen MR) is 70.5 cm³/mol. The molecule has 0 aliphatic heterocycles. The van der Waals surface area contributed by atoms with E-state index < -0.39 is 0 Å². The third kappa shape index (κ3) is 3.22. The van der Waals surface area contributed by atoms with Crippen molar-refractivity contribution < 1.29 is 9.18 Å². The first-order valence-electron chi connectivity index (χ1n) is 6.24. The molecular formula is C14H17ClFNO. The molecule has 98 valence electrons. The Kier molecular flexibility index (Phi) is 4.23. The first-order valence-corrected chi connectivity index (χ1v) is 6.68. The lowest BCUT2D eigenvalue weighted by Crippen LogP contribution is -2.28. The zero-order chi connectivity index (χ0) is 13.1. The van der Waals surface area contributed by atoms with Crippen LogP contribution in [0.15, 0.2) is 18.2 Å². The summed E-state index contributed by atoms with van der Waals surface area (Å²) >= 11 is 6.02. The van der Waals surface area contributed by atoms with E-state index in [4.69, 9.17) is 11.6 Å². The van der Waals surface area contributed by atoms with Gasteiger partial charge in [-0.25, -0.2) is 4.39 Å². The van der Waals surface area contributed by atoms with E-state index in [-0.39, 0.29) is 17.1 Å². The lowest BCUT2D eigenvalue weighted by molar-refractivity contribution is 0.0947. The molecular weight excluding hydrogens is 253 g/mol. The van der Waals surface area contributed by atoms with Crippen LogP contribution in [0.4, 0.5) is 4.39 Å². The SMILES string of the molecule is Cc1ccc(C(=O)NCC2CCC(Cl)C2)cc1F. The van der Waals surface area contributed by atoms with Crippen molar-refractivity contribution in [3.8, 4) is 0 Å². The second-order valence-electron chi connectivity index (χ2n) is 4.95. The predicted octanol–water partition coefficient (Wildman–Crippen LogP) is 3.27. The number of nitrogens with one attached hydrogen (secondary N) is 1. The van der Waals surface area contributed by atoms with Crippen LogP contribution in [0.1, 0.15) is 35.2 Å². The molecule has 1 aliphatic carbocycles. The molecule has 2 unspecified atom stereocenters. The van der Waals surface area contributed by atoms with Gasteiger partial charge in [0.15, 0.2) is 0 Å². The summed E-state index contributed by atoms with van der Waals surface area (Å²) < 4.78 is 13.3. The van der Waals surface area contributed by atoms with E-state index in [0.29, 0.717) is 23.6 Å². The molecule has 0 radical (unpaired) electrons. The van der Waals surface area contributed by atoms with Gasteiger partial charge in [-0.1, -0.05) is 6.07 Å². The van der Waals surface area contributed by atoms with Gasteiger partial charge in [0.25, 0.3) is 5.91 Å². The van der Waals surface area contributed by atoms with Crippen molar-refractivity contribution in [1.29, 1.82) is 0 Å². The number of hydrogen-bond donors (Lipinski definition) is 1. The van der Waals surface area contributed by atoms with Gasteiger partial charge >= 0.3 is 0 Å². The fourth-order valence-corrected chi connectivity index (χ4v) is 2.65. The molecule has 18 heavy (non-hydrogen) atoms. The third-order valence-electron chi connectivity index (χ3n) is 3.46. The van der Waals surface area contributed by atoms with Crippen molar-refractivity contribution in [1.82, 2.24) is 5.32 Å². The summed E-state index contributed by atoms with van der Waals surface area (Å²) in [6.07, 6.45) is 3.02. The summed E-state index contributed by atoms with van der Waals surface area (Å²) in [6.45, 7) is 2.30. The van der Waals surface area contributed by atoms with Crippen LogP contribution in [0, 0.1) is 18.7 Å². The number of benzene rings is 1. The monoisotopic (exact) mass is 269 g/mol.